The molecule has 113 valence electrons. The van der Waals surface area contributed by atoms with E-state index in [0.29, 0.717) is 26.1 Å². The van der Waals surface area contributed by atoms with Crippen LogP contribution in [0.2, 0.25) is 0 Å². The number of rotatable bonds is 5. The third-order valence-electron chi connectivity index (χ3n) is 3.78. The van der Waals surface area contributed by atoms with E-state index in [1.54, 1.807) is 4.90 Å². The van der Waals surface area contributed by atoms with Gasteiger partial charge in [-0.25, -0.2) is 4.79 Å². The number of carbonyl (C=O) groups excluding carboxylic acids is 2. The Balaban J connectivity index is 1.74. The zero-order valence-electron chi connectivity index (χ0n) is 12.3. The Morgan fingerprint density at radius 1 is 1.24 bits per heavy atom. The van der Waals surface area contributed by atoms with E-state index in [2.05, 4.69) is 4.90 Å². The molecule has 1 fully saturated rings. The molecule has 1 aromatic carbocycles. The topological polar surface area (TPSA) is 49.9 Å². The Morgan fingerprint density at radius 3 is 2.52 bits per heavy atom. The second kappa shape index (κ2) is 7.78. The summed E-state index contributed by atoms with van der Waals surface area (Å²) in [5.74, 6) is 0. The highest BCUT2D eigenvalue weighted by molar-refractivity contribution is 5.67. The summed E-state index contributed by atoms with van der Waals surface area (Å²) < 4.78 is 5.32. The van der Waals surface area contributed by atoms with Crippen LogP contribution in [-0.4, -0.2) is 54.4 Å². The number of hydrogen-bond donors (Lipinski definition) is 0. The van der Waals surface area contributed by atoms with Gasteiger partial charge in [-0.15, -0.1) is 0 Å². The summed E-state index contributed by atoms with van der Waals surface area (Å²) in [6.45, 7) is 5.12. The molecule has 0 aromatic heterocycles. The average Bonchev–Trinajstić information content (AvgIpc) is 2.54. The van der Waals surface area contributed by atoms with Crippen molar-refractivity contribution in [3.63, 3.8) is 0 Å². The highest BCUT2D eigenvalue weighted by Gasteiger charge is 2.24. The van der Waals surface area contributed by atoms with Gasteiger partial charge in [-0.3, -0.25) is 9.69 Å². The maximum atomic E-state index is 12.0. The summed E-state index contributed by atoms with van der Waals surface area (Å²) in [7, 11) is 0. The molecular formula is C16H21N2O3. The van der Waals surface area contributed by atoms with Gasteiger partial charge in [0.05, 0.1) is 0 Å². The Kier molecular flexibility index (Phi) is 5.75. The van der Waals surface area contributed by atoms with Crippen molar-refractivity contribution in [1.29, 1.82) is 0 Å². The molecule has 1 aliphatic heterocycles. The van der Waals surface area contributed by atoms with Crippen LogP contribution in [0.4, 0.5) is 4.79 Å². The van der Waals surface area contributed by atoms with E-state index in [9.17, 15) is 9.59 Å². The first-order valence-electron chi connectivity index (χ1n) is 7.25. The van der Waals surface area contributed by atoms with Gasteiger partial charge < -0.3 is 9.64 Å². The summed E-state index contributed by atoms with van der Waals surface area (Å²) in [6, 6.07) is 9.83. The van der Waals surface area contributed by atoms with Crippen molar-refractivity contribution in [2.75, 3.05) is 26.2 Å². The number of benzene rings is 1. The number of nitrogens with zero attached hydrogens (tertiary/aromatic N) is 2. The molecule has 1 heterocycles. The molecule has 2 rings (SSSR count). The van der Waals surface area contributed by atoms with Crippen LogP contribution in [0.25, 0.3) is 0 Å². The van der Waals surface area contributed by atoms with E-state index < -0.39 is 0 Å². The first kappa shape index (κ1) is 15.5. The fraction of sp³-hybridized carbons (Fsp3) is 0.500. The normalized spacial score (nSPS) is 17.3. The first-order chi connectivity index (χ1) is 10.2. The monoisotopic (exact) mass is 289 g/mol. The van der Waals surface area contributed by atoms with Crippen LogP contribution in [0.3, 0.4) is 0 Å². The molecular weight excluding hydrogens is 268 g/mol. The standard InChI is InChI=1S/C16H21N2O3/c1-14(7-12-19)17-8-10-18(11-9-17)16(20)21-13-15-5-3-2-4-6-15/h2-6,14H,7-11,13H2,1H3. The van der Waals surface area contributed by atoms with Gasteiger partial charge in [-0.1, -0.05) is 30.3 Å². The molecule has 1 amide bonds. The molecule has 1 aromatic rings. The minimum Gasteiger partial charge on any atom is -0.445 e. The summed E-state index contributed by atoms with van der Waals surface area (Å²) in [5.41, 5.74) is 0.986. The van der Waals surface area contributed by atoms with Crippen molar-refractivity contribution < 1.29 is 14.3 Å². The molecule has 5 heteroatoms. The molecule has 1 unspecified atom stereocenters. The second-order valence-electron chi connectivity index (χ2n) is 5.26. The highest BCUT2D eigenvalue weighted by Crippen LogP contribution is 2.10. The van der Waals surface area contributed by atoms with Gasteiger partial charge >= 0.3 is 6.09 Å². The van der Waals surface area contributed by atoms with E-state index in [-0.39, 0.29) is 12.1 Å². The van der Waals surface area contributed by atoms with Gasteiger partial charge in [0.15, 0.2) is 6.29 Å². The van der Waals surface area contributed by atoms with Gasteiger partial charge in [0, 0.05) is 38.6 Å². The summed E-state index contributed by atoms with van der Waals surface area (Å²) in [4.78, 5) is 26.3. The number of hydrogen-bond acceptors (Lipinski definition) is 4. The SMILES string of the molecule is CC(C[C]=O)N1CCN(C(=O)OCc2ccccc2)CC1. The predicted octanol–water partition coefficient (Wildman–Crippen LogP) is 1.83. The fourth-order valence-electron chi connectivity index (χ4n) is 2.41. The fourth-order valence-corrected chi connectivity index (χ4v) is 2.41. The third-order valence-corrected chi connectivity index (χ3v) is 3.78. The molecule has 0 spiro atoms. The van der Waals surface area contributed by atoms with Crippen molar-refractivity contribution >= 4 is 12.4 Å². The van der Waals surface area contributed by atoms with Crippen LogP contribution in [-0.2, 0) is 16.1 Å². The van der Waals surface area contributed by atoms with E-state index >= 15 is 0 Å². The van der Waals surface area contributed by atoms with Crippen molar-refractivity contribution in [3.8, 4) is 0 Å². The Labute approximate surface area is 125 Å². The number of ether oxygens (including phenoxy) is 1. The number of carbonyl (C=O) groups is 1. The minimum atomic E-state index is -0.270. The van der Waals surface area contributed by atoms with Gasteiger partial charge in [0.25, 0.3) is 0 Å². The molecule has 1 radical (unpaired) electrons. The lowest BCUT2D eigenvalue weighted by Gasteiger charge is -2.36. The van der Waals surface area contributed by atoms with E-state index in [1.165, 1.54) is 0 Å². The number of amides is 1. The average molecular weight is 289 g/mol. The van der Waals surface area contributed by atoms with Crippen molar-refractivity contribution in [2.24, 2.45) is 0 Å². The molecule has 0 N–H and O–H groups in total. The van der Waals surface area contributed by atoms with Crippen molar-refractivity contribution in [3.05, 3.63) is 35.9 Å². The van der Waals surface area contributed by atoms with E-state index in [0.717, 1.165) is 18.7 Å². The number of piperazine rings is 1. The summed E-state index contributed by atoms with van der Waals surface area (Å²) in [5, 5.41) is 0. The Bertz CT molecular complexity index is 456. The van der Waals surface area contributed by atoms with Crippen molar-refractivity contribution in [2.45, 2.75) is 26.0 Å². The lowest BCUT2D eigenvalue weighted by molar-refractivity contribution is 0.0628. The van der Waals surface area contributed by atoms with Gasteiger partial charge in [0.2, 0.25) is 0 Å². The zero-order valence-corrected chi connectivity index (χ0v) is 12.3. The second-order valence-corrected chi connectivity index (χ2v) is 5.26. The molecule has 21 heavy (non-hydrogen) atoms. The Morgan fingerprint density at radius 2 is 1.90 bits per heavy atom. The molecule has 1 saturated heterocycles. The Hall–Kier alpha value is -1.88. The van der Waals surface area contributed by atoms with Crippen LogP contribution < -0.4 is 0 Å². The lowest BCUT2D eigenvalue weighted by atomic mass is 10.2. The molecule has 0 bridgehead atoms. The van der Waals surface area contributed by atoms with Gasteiger partial charge in [0.1, 0.15) is 6.61 Å². The molecule has 1 atom stereocenters. The molecule has 5 nitrogen and oxygen atoms in total. The molecule has 1 aliphatic rings. The lowest BCUT2D eigenvalue weighted by Crippen LogP contribution is -2.51. The van der Waals surface area contributed by atoms with Crippen LogP contribution in [0, 0.1) is 0 Å². The maximum Gasteiger partial charge on any atom is 0.410 e. The zero-order chi connectivity index (χ0) is 15.1. The van der Waals surface area contributed by atoms with Crippen LogP contribution in [0.5, 0.6) is 0 Å². The smallest absolute Gasteiger partial charge is 0.410 e. The van der Waals surface area contributed by atoms with Crippen LogP contribution in [0.15, 0.2) is 30.3 Å². The van der Waals surface area contributed by atoms with E-state index in [4.69, 9.17) is 4.74 Å². The van der Waals surface area contributed by atoms with Crippen LogP contribution >= 0.6 is 0 Å². The van der Waals surface area contributed by atoms with E-state index in [1.807, 2.05) is 43.5 Å². The highest BCUT2D eigenvalue weighted by atomic mass is 16.6. The van der Waals surface area contributed by atoms with Gasteiger partial charge in [-0.05, 0) is 12.5 Å². The van der Waals surface area contributed by atoms with Crippen molar-refractivity contribution in [1.82, 2.24) is 9.80 Å². The first-order valence-corrected chi connectivity index (χ1v) is 7.25. The van der Waals surface area contributed by atoms with Crippen LogP contribution in [0.1, 0.15) is 18.9 Å². The maximum absolute atomic E-state index is 12.0. The third kappa shape index (κ3) is 4.56. The van der Waals surface area contributed by atoms with Gasteiger partial charge in [-0.2, -0.15) is 0 Å². The largest absolute Gasteiger partial charge is 0.445 e. The predicted molar refractivity (Wildman–Crippen MR) is 79.5 cm³/mol. The molecule has 0 saturated carbocycles. The minimum absolute atomic E-state index is 0.185. The summed E-state index contributed by atoms with van der Waals surface area (Å²) >= 11 is 0. The quantitative estimate of drug-likeness (QED) is 0.830. The summed E-state index contributed by atoms with van der Waals surface area (Å²) in [6.07, 6.45) is 2.09. The molecule has 0 aliphatic carbocycles.